The number of hydrogen-bond donors (Lipinski definition) is 0. The van der Waals surface area contributed by atoms with Gasteiger partial charge < -0.3 is 0 Å². The van der Waals surface area contributed by atoms with Gasteiger partial charge in [0.25, 0.3) is 0 Å². The number of unbranched alkanes of at least 4 members (excludes halogenated alkanes) is 2. The van der Waals surface area contributed by atoms with Crippen molar-refractivity contribution in [1.29, 1.82) is 0 Å². The summed E-state index contributed by atoms with van der Waals surface area (Å²) in [5.41, 5.74) is 0. The maximum absolute atomic E-state index is 2.27. The highest BCUT2D eigenvalue weighted by molar-refractivity contribution is 4.79. The standard InChI is InChI=1S/C8H16.2CH4/c1-3-5-7-8-6-4-2;;/h5,7H,3-4,6,8H2,1-2H3;2*1H4. The molecule has 0 N–H and O–H groups in total. The van der Waals surface area contributed by atoms with Gasteiger partial charge in [0.2, 0.25) is 0 Å². The van der Waals surface area contributed by atoms with Crippen molar-refractivity contribution in [1.82, 2.24) is 0 Å². The van der Waals surface area contributed by atoms with Gasteiger partial charge in [0.15, 0.2) is 0 Å². The Morgan fingerprint density at radius 2 is 1.60 bits per heavy atom. The van der Waals surface area contributed by atoms with Gasteiger partial charge in [0.1, 0.15) is 0 Å². The fourth-order valence-corrected chi connectivity index (χ4v) is 0.606. The van der Waals surface area contributed by atoms with Crippen LogP contribution in [-0.4, -0.2) is 0 Å². The zero-order chi connectivity index (χ0) is 6.24. The minimum Gasteiger partial charge on any atom is -0.0888 e. The Morgan fingerprint density at radius 1 is 1.00 bits per heavy atom. The summed E-state index contributed by atoms with van der Waals surface area (Å²) < 4.78 is 0. The molecule has 0 heterocycles. The molecule has 0 unspecified atom stereocenters. The third-order valence-electron chi connectivity index (χ3n) is 1.13. The molecule has 0 nitrogen and oxygen atoms in total. The van der Waals surface area contributed by atoms with Crippen LogP contribution in [0.15, 0.2) is 12.2 Å². The summed E-state index contributed by atoms with van der Waals surface area (Å²) in [5.74, 6) is 0. The highest BCUT2D eigenvalue weighted by Crippen LogP contribution is 1.94. The Hall–Kier alpha value is -0.260. The van der Waals surface area contributed by atoms with Crippen LogP contribution in [0.5, 0.6) is 0 Å². The van der Waals surface area contributed by atoms with E-state index in [2.05, 4.69) is 26.0 Å². The van der Waals surface area contributed by atoms with Crippen LogP contribution in [-0.2, 0) is 0 Å². The Kier molecular flexibility index (Phi) is 26.0. The van der Waals surface area contributed by atoms with E-state index in [1.54, 1.807) is 0 Å². The molecule has 0 aliphatic carbocycles. The molecule has 0 aliphatic heterocycles. The van der Waals surface area contributed by atoms with Crippen molar-refractivity contribution in [2.45, 2.75) is 54.4 Å². The van der Waals surface area contributed by atoms with Crippen molar-refractivity contribution in [3.8, 4) is 0 Å². The van der Waals surface area contributed by atoms with E-state index in [0.29, 0.717) is 0 Å². The van der Waals surface area contributed by atoms with Crippen molar-refractivity contribution in [2.24, 2.45) is 0 Å². The van der Waals surface area contributed by atoms with E-state index in [9.17, 15) is 0 Å². The average molecular weight is 144 g/mol. The molecule has 0 aromatic rings. The number of hydrogen-bond acceptors (Lipinski definition) is 0. The van der Waals surface area contributed by atoms with E-state index in [1.165, 1.54) is 25.7 Å². The van der Waals surface area contributed by atoms with Crippen molar-refractivity contribution >= 4 is 0 Å². The van der Waals surface area contributed by atoms with Gasteiger partial charge in [-0.05, 0) is 12.8 Å². The number of rotatable bonds is 4. The van der Waals surface area contributed by atoms with Crippen LogP contribution < -0.4 is 0 Å². The second-order valence-electron chi connectivity index (χ2n) is 2.02. The summed E-state index contributed by atoms with van der Waals surface area (Å²) >= 11 is 0. The molecule has 0 rings (SSSR count). The minimum atomic E-state index is 0. The normalized spacial score (nSPS) is 8.60. The van der Waals surface area contributed by atoms with Gasteiger partial charge in [-0.2, -0.15) is 0 Å². The Labute approximate surface area is 67.3 Å². The summed E-state index contributed by atoms with van der Waals surface area (Å²) in [6.45, 7) is 4.39. The van der Waals surface area contributed by atoms with Crippen LogP contribution in [0.4, 0.5) is 0 Å². The van der Waals surface area contributed by atoms with E-state index in [4.69, 9.17) is 0 Å². The van der Waals surface area contributed by atoms with Crippen molar-refractivity contribution in [2.75, 3.05) is 0 Å². The van der Waals surface area contributed by atoms with E-state index >= 15 is 0 Å². The molecule has 0 aromatic heterocycles. The summed E-state index contributed by atoms with van der Waals surface area (Å²) in [4.78, 5) is 0. The second-order valence-corrected chi connectivity index (χ2v) is 2.02. The van der Waals surface area contributed by atoms with Crippen LogP contribution in [0.25, 0.3) is 0 Å². The molecule has 0 saturated carbocycles. The molecule has 0 fully saturated rings. The molecule has 0 saturated heterocycles. The molecular formula is C10H24. The Balaban J connectivity index is -0.000000245. The monoisotopic (exact) mass is 144 g/mol. The van der Waals surface area contributed by atoms with Gasteiger partial charge >= 0.3 is 0 Å². The van der Waals surface area contributed by atoms with Crippen LogP contribution >= 0.6 is 0 Å². The lowest BCUT2D eigenvalue weighted by Gasteiger charge is -1.85. The van der Waals surface area contributed by atoms with Crippen LogP contribution in [0.2, 0.25) is 0 Å². The van der Waals surface area contributed by atoms with Gasteiger partial charge in [-0.15, -0.1) is 0 Å². The molecule has 0 radical (unpaired) electrons. The summed E-state index contributed by atoms with van der Waals surface area (Å²) in [7, 11) is 0. The fraction of sp³-hybridized carbons (Fsp3) is 0.800. The van der Waals surface area contributed by atoms with Crippen LogP contribution in [0.1, 0.15) is 54.4 Å². The van der Waals surface area contributed by atoms with E-state index in [1.807, 2.05) is 0 Å². The van der Waals surface area contributed by atoms with E-state index in [-0.39, 0.29) is 14.9 Å². The first-order valence-electron chi connectivity index (χ1n) is 3.56. The smallest absolute Gasteiger partial charge is 0.0351 e. The topological polar surface area (TPSA) is 0 Å². The minimum absolute atomic E-state index is 0. The molecule has 0 bridgehead atoms. The summed E-state index contributed by atoms with van der Waals surface area (Å²) in [5, 5.41) is 0. The Bertz CT molecular complexity index is 53.1. The first-order valence-corrected chi connectivity index (χ1v) is 3.56. The van der Waals surface area contributed by atoms with Gasteiger partial charge in [-0.3, -0.25) is 0 Å². The predicted molar refractivity (Wildman–Crippen MR) is 52.4 cm³/mol. The fourth-order valence-electron chi connectivity index (χ4n) is 0.606. The molecule has 0 heteroatoms. The van der Waals surface area contributed by atoms with Crippen LogP contribution in [0.3, 0.4) is 0 Å². The maximum Gasteiger partial charge on any atom is -0.0351 e. The zero-order valence-electron chi connectivity index (χ0n) is 5.98. The van der Waals surface area contributed by atoms with Crippen molar-refractivity contribution in [3.63, 3.8) is 0 Å². The lowest BCUT2D eigenvalue weighted by atomic mass is 10.2. The molecule has 0 spiro atoms. The molecule has 0 aliphatic rings. The van der Waals surface area contributed by atoms with Gasteiger partial charge in [-0.25, -0.2) is 0 Å². The highest BCUT2D eigenvalue weighted by atomic mass is 13.8. The Morgan fingerprint density at radius 3 is 2.00 bits per heavy atom. The van der Waals surface area contributed by atoms with Crippen molar-refractivity contribution < 1.29 is 0 Å². The largest absolute Gasteiger partial charge is 0.0888 e. The molecule has 0 aromatic carbocycles. The average Bonchev–Trinajstić information content (AvgIpc) is 1.81. The summed E-state index contributed by atoms with van der Waals surface area (Å²) in [6, 6.07) is 0. The number of allylic oxidation sites excluding steroid dienone is 2. The second kappa shape index (κ2) is 15.9. The van der Waals surface area contributed by atoms with E-state index in [0.717, 1.165) is 0 Å². The maximum atomic E-state index is 2.27. The van der Waals surface area contributed by atoms with Gasteiger partial charge in [-0.1, -0.05) is 53.7 Å². The lowest BCUT2D eigenvalue weighted by molar-refractivity contribution is 0.812. The van der Waals surface area contributed by atoms with Gasteiger partial charge in [0.05, 0.1) is 0 Å². The summed E-state index contributed by atoms with van der Waals surface area (Å²) in [6.07, 6.45) is 9.61. The molecular weight excluding hydrogens is 120 g/mol. The predicted octanol–water partition coefficient (Wildman–Crippen LogP) is 4.42. The van der Waals surface area contributed by atoms with Gasteiger partial charge in [0, 0.05) is 0 Å². The lowest BCUT2D eigenvalue weighted by Crippen LogP contribution is -1.65. The highest BCUT2D eigenvalue weighted by Gasteiger charge is 1.74. The van der Waals surface area contributed by atoms with Crippen LogP contribution in [0, 0.1) is 0 Å². The zero-order valence-corrected chi connectivity index (χ0v) is 5.98. The molecule has 10 heavy (non-hydrogen) atoms. The van der Waals surface area contributed by atoms with Crippen molar-refractivity contribution in [3.05, 3.63) is 12.2 Å². The molecule has 0 amide bonds. The third-order valence-corrected chi connectivity index (χ3v) is 1.13. The molecule has 64 valence electrons. The molecule has 0 atom stereocenters. The SMILES string of the molecule is C.C.CCC=CCCCC. The quantitative estimate of drug-likeness (QED) is 0.405. The first-order chi connectivity index (χ1) is 3.91. The van der Waals surface area contributed by atoms with E-state index < -0.39 is 0 Å². The third kappa shape index (κ3) is 15.6. The first kappa shape index (κ1) is 16.4.